The fourth-order valence-electron chi connectivity index (χ4n) is 8.61. The van der Waals surface area contributed by atoms with Crippen molar-refractivity contribution < 1.29 is 14.7 Å². The number of Topliss-reactive ketones (excluding diaryl/α,β-unsaturated/α-hetero) is 1. The number of fused-ring (bicyclic) bond motifs is 5. The van der Waals surface area contributed by atoms with E-state index in [-0.39, 0.29) is 21.7 Å². The van der Waals surface area contributed by atoms with Gasteiger partial charge >= 0.3 is 5.97 Å². The van der Waals surface area contributed by atoms with E-state index < -0.39 is 5.97 Å². The third-order valence-corrected chi connectivity index (χ3v) is 11.1. The summed E-state index contributed by atoms with van der Waals surface area (Å²) in [7, 11) is 0. The Balaban J connectivity index is 1.62. The number of carbonyl (C=O) groups excluding carboxylic acids is 1. The SMILES string of the molecule is C/C(=C/CCC(C)[C@H]1CC[C@@]2(C)C3=CCC4C(C)(C)C(=O)CC[C@]4(C)C3=CC[C@]12C)C(=O)O. The van der Waals surface area contributed by atoms with E-state index in [9.17, 15) is 9.59 Å². The second-order valence-electron chi connectivity index (χ2n) is 12.9. The number of carboxylic acids is 1. The molecule has 0 aromatic carbocycles. The molecular weight excluding hydrogens is 408 g/mol. The molecule has 2 unspecified atom stereocenters. The normalized spacial score (nSPS) is 40.8. The molecule has 0 heterocycles. The molecule has 0 radical (unpaired) electrons. The van der Waals surface area contributed by atoms with Crippen LogP contribution in [0.2, 0.25) is 0 Å². The monoisotopic (exact) mass is 452 g/mol. The smallest absolute Gasteiger partial charge is 0.330 e. The first-order valence-corrected chi connectivity index (χ1v) is 13.1. The first-order valence-electron chi connectivity index (χ1n) is 13.1. The van der Waals surface area contributed by atoms with Crippen molar-refractivity contribution in [1.82, 2.24) is 0 Å². The topological polar surface area (TPSA) is 54.4 Å². The minimum atomic E-state index is -0.809. The number of ketones is 1. The molecule has 33 heavy (non-hydrogen) atoms. The second kappa shape index (κ2) is 7.95. The Morgan fingerprint density at radius 1 is 1.15 bits per heavy atom. The van der Waals surface area contributed by atoms with E-state index >= 15 is 0 Å². The summed E-state index contributed by atoms with van der Waals surface area (Å²) in [5.41, 5.74) is 3.89. The zero-order valence-corrected chi connectivity index (χ0v) is 21.9. The van der Waals surface area contributed by atoms with Gasteiger partial charge in [0.15, 0.2) is 0 Å². The van der Waals surface area contributed by atoms with Crippen molar-refractivity contribution in [3.63, 3.8) is 0 Å². The van der Waals surface area contributed by atoms with E-state index in [1.807, 2.05) is 6.08 Å². The predicted molar refractivity (Wildman–Crippen MR) is 134 cm³/mol. The van der Waals surface area contributed by atoms with Crippen molar-refractivity contribution in [3.05, 3.63) is 34.9 Å². The summed E-state index contributed by atoms with van der Waals surface area (Å²) in [5, 5.41) is 9.15. The average Bonchev–Trinajstić information content (AvgIpc) is 3.02. The molecule has 3 nitrogen and oxygen atoms in total. The van der Waals surface area contributed by atoms with Gasteiger partial charge in [-0.25, -0.2) is 4.79 Å². The van der Waals surface area contributed by atoms with Crippen LogP contribution in [0.5, 0.6) is 0 Å². The highest BCUT2D eigenvalue weighted by Gasteiger charge is 2.63. The maximum atomic E-state index is 12.8. The number of carboxylic acid groups (broad SMARTS) is 1. The summed E-state index contributed by atoms with van der Waals surface area (Å²) in [6.45, 7) is 15.9. The van der Waals surface area contributed by atoms with Crippen LogP contribution in [0.4, 0.5) is 0 Å². The number of aliphatic carboxylic acids is 1. The summed E-state index contributed by atoms with van der Waals surface area (Å²) in [4.78, 5) is 23.9. The van der Waals surface area contributed by atoms with Crippen LogP contribution in [0.25, 0.3) is 0 Å². The summed E-state index contributed by atoms with van der Waals surface area (Å²) in [5.74, 6) is 1.25. The van der Waals surface area contributed by atoms with Crippen molar-refractivity contribution in [3.8, 4) is 0 Å². The van der Waals surface area contributed by atoms with Crippen molar-refractivity contribution in [2.45, 2.75) is 99.8 Å². The van der Waals surface area contributed by atoms with Gasteiger partial charge in [-0.05, 0) is 97.0 Å². The number of rotatable bonds is 5. The molecule has 0 bridgehead atoms. The van der Waals surface area contributed by atoms with E-state index in [1.165, 1.54) is 12.8 Å². The Kier molecular flexibility index (Phi) is 5.90. The van der Waals surface area contributed by atoms with E-state index in [2.05, 4.69) is 53.7 Å². The van der Waals surface area contributed by atoms with Crippen LogP contribution in [-0.2, 0) is 9.59 Å². The van der Waals surface area contributed by atoms with Crippen molar-refractivity contribution in [1.29, 1.82) is 0 Å². The molecule has 0 aromatic heterocycles. The molecule has 0 aromatic rings. The predicted octanol–water partition coefficient (Wildman–Crippen LogP) is 7.53. The summed E-state index contributed by atoms with van der Waals surface area (Å²) >= 11 is 0. The highest BCUT2D eigenvalue weighted by atomic mass is 16.4. The Morgan fingerprint density at radius 3 is 2.52 bits per heavy atom. The van der Waals surface area contributed by atoms with Gasteiger partial charge in [0.1, 0.15) is 5.78 Å². The van der Waals surface area contributed by atoms with E-state index in [1.54, 1.807) is 18.1 Å². The quantitative estimate of drug-likeness (QED) is 0.439. The molecule has 0 saturated heterocycles. The Hall–Kier alpha value is -1.64. The Morgan fingerprint density at radius 2 is 1.85 bits per heavy atom. The second-order valence-corrected chi connectivity index (χ2v) is 12.9. The summed E-state index contributed by atoms with van der Waals surface area (Å²) < 4.78 is 0. The van der Waals surface area contributed by atoms with Gasteiger partial charge in [0, 0.05) is 17.4 Å². The number of allylic oxidation sites excluding steroid dienone is 5. The highest BCUT2D eigenvalue weighted by molar-refractivity contribution is 5.86. The van der Waals surface area contributed by atoms with Crippen LogP contribution in [0.15, 0.2) is 34.9 Å². The van der Waals surface area contributed by atoms with Crippen LogP contribution >= 0.6 is 0 Å². The summed E-state index contributed by atoms with van der Waals surface area (Å²) in [6.07, 6.45) is 15.2. The lowest BCUT2D eigenvalue weighted by Crippen LogP contribution is -2.53. The van der Waals surface area contributed by atoms with Gasteiger partial charge in [0.25, 0.3) is 0 Å². The van der Waals surface area contributed by atoms with Crippen LogP contribution < -0.4 is 0 Å². The molecule has 6 atom stereocenters. The highest BCUT2D eigenvalue weighted by Crippen LogP contribution is 2.71. The molecule has 0 amide bonds. The lowest BCUT2D eigenvalue weighted by atomic mass is 9.44. The fourth-order valence-corrected chi connectivity index (χ4v) is 8.61. The zero-order chi connectivity index (χ0) is 24.4. The number of hydrogen-bond donors (Lipinski definition) is 1. The van der Waals surface area contributed by atoms with Crippen molar-refractivity contribution in [2.24, 2.45) is 39.4 Å². The van der Waals surface area contributed by atoms with Crippen LogP contribution in [0, 0.1) is 39.4 Å². The fraction of sp³-hybridized carbons (Fsp3) is 0.733. The molecule has 4 rings (SSSR count). The molecule has 2 saturated carbocycles. The van der Waals surface area contributed by atoms with Crippen LogP contribution in [0.3, 0.4) is 0 Å². The first-order chi connectivity index (χ1) is 15.3. The van der Waals surface area contributed by atoms with Crippen LogP contribution in [-0.4, -0.2) is 16.9 Å². The number of hydrogen-bond acceptors (Lipinski definition) is 2. The maximum Gasteiger partial charge on any atom is 0.330 e. The maximum absolute atomic E-state index is 12.8. The Bertz CT molecular complexity index is 950. The third-order valence-electron chi connectivity index (χ3n) is 11.1. The van der Waals surface area contributed by atoms with Crippen molar-refractivity contribution in [2.75, 3.05) is 0 Å². The first kappa shape index (κ1) is 24.5. The van der Waals surface area contributed by atoms with Gasteiger partial charge in [-0.3, -0.25) is 4.79 Å². The van der Waals surface area contributed by atoms with Gasteiger partial charge < -0.3 is 5.11 Å². The lowest BCUT2D eigenvalue weighted by molar-refractivity contribution is -0.138. The number of carbonyl (C=O) groups is 2. The van der Waals surface area contributed by atoms with Crippen LogP contribution in [0.1, 0.15) is 99.8 Å². The largest absolute Gasteiger partial charge is 0.478 e. The molecule has 4 aliphatic rings. The molecule has 3 heteroatoms. The molecule has 182 valence electrons. The molecule has 0 aliphatic heterocycles. The van der Waals surface area contributed by atoms with Crippen molar-refractivity contribution >= 4 is 11.8 Å². The van der Waals surface area contributed by atoms with E-state index in [0.717, 1.165) is 32.1 Å². The third kappa shape index (κ3) is 3.43. The lowest BCUT2D eigenvalue weighted by Gasteiger charge is -2.59. The summed E-state index contributed by atoms with van der Waals surface area (Å²) in [6, 6.07) is 0. The van der Waals surface area contributed by atoms with Gasteiger partial charge in [-0.2, -0.15) is 0 Å². The minimum absolute atomic E-state index is 0.106. The van der Waals surface area contributed by atoms with Gasteiger partial charge in [-0.1, -0.05) is 59.8 Å². The molecule has 2 fully saturated rings. The van der Waals surface area contributed by atoms with Gasteiger partial charge in [0.05, 0.1) is 0 Å². The molecular formula is C30H44O3. The molecule has 1 N–H and O–H groups in total. The molecule has 0 spiro atoms. The van der Waals surface area contributed by atoms with Gasteiger partial charge in [-0.15, -0.1) is 0 Å². The minimum Gasteiger partial charge on any atom is -0.478 e. The molecule has 4 aliphatic carbocycles. The van der Waals surface area contributed by atoms with E-state index in [4.69, 9.17) is 5.11 Å². The standard InChI is InChI=1S/C30H44O3/c1-19(9-8-10-20(2)26(32)33)21-13-17-30(7)23-11-12-24-27(3,4)25(31)15-16-28(24,5)22(23)14-18-29(21,30)6/h10-11,14,19,21,24H,8-9,12-13,15-18H2,1-7H3,(H,32,33)/b20-10-/t19?,21-,24?,28-,29-,30+/m1/s1. The van der Waals surface area contributed by atoms with E-state index in [0.29, 0.717) is 35.5 Å². The zero-order valence-electron chi connectivity index (χ0n) is 21.9. The van der Waals surface area contributed by atoms with Gasteiger partial charge in [0.2, 0.25) is 0 Å². The average molecular weight is 453 g/mol. The Labute approximate surface area is 200 Å².